The zero-order valence-electron chi connectivity index (χ0n) is 11.6. The van der Waals surface area contributed by atoms with Gasteiger partial charge in [0.2, 0.25) is 0 Å². The van der Waals surface area contributed by atoms with Gasteiger partial charge in [-0.25, -0.2) is 0 Å². The van der Waals surface area contributed by atoms with Crippen LogP contribution in [0.2, 0.25) is 5.02 Å². The molecule has 0 amide bonds. The number of ketones is 1. The van der Waals surface area contributed by atoms with E-state index in [0.717, 1.165) is 13.1 Å². The summed E-state index contributed by atoms with van der Waals surface area (Å²) in [5.41, 5.74) is 1.93. The average molecular weight is 288 g/mol. The summed E-state index contributed by atoms with van der Waals surface area (Å²) in [7, 11) is 0. The number of halogens is 1. The van der Waals surface area contributed by atoms with Crippen LogP contribution in [0.25, 0.3) is 0 Å². The summed E-state index contributed by atoms with van der Waals surface area (Å²) < 4.78 is 0. The average Bonchev–Trinajstić information content (AvgIpc) is 2.48. The first-order valence-corrected chi connectivity index (χ1v) is 7.12. The molecule has 2 nitrogen and oxygen atoms in total. The molecule has 0 aliphatic rings. The van der Waals surface area contributed by atoms with Crippen molar-refractivity contribution in [3.63, 3.8) is 0 Å². The lowest BCUT2D eigenvalue weighted by Gasteiger charge is -2.19. The molecule has 0 saturated heterocycles. The van der Waals surface area contributed by atoms with E-state index in [4.69, 9.17) is 11.6 Å². The monoisotopic (exact) mass is 287 g/mol. The molecule has 0 aliphatic heterocycles. The molecule has 0 aromatic heterocycles. The summed E-state index contributed by atoms with van der Waals surface area (Å²) in [6.45, 7) is 4.12. The molecular weight excluding hydrogens is 270 g/mol. The smallest absolute Gasteiger partial charge is 0.176 e. The maximum absolute atomic E-state index is 12.2. The molecule has 2 aromatic carbocycles. The van der Waals surface area contributed by atoms with Crippen LogP contribution in [-0.2, 0) is 6.54 Å². The van der Waals surface area contributed by atoms with E-state index in [9.17, 15) is 4.79 Å². The molecule has 0 unspecified atom stereocenters. The summed E-state index contributed by atoms with van der Waals surface area (Å²) in [6.07, 6.45) is 0. The minimum atomic E-state index is 0.124. The number of carbonyl (C=O) groups is 1. The largest absolute Gasteiger partial charge is 0.293 e. The molecule has 0 radical (unpaired) electrons. The van der Waals surface area contributed by atoms with Gasteiger partial charge in [-0.2, -0.15) is 0 Å². The second-order valence-electron chi connectivity index (χ2n) is 4.72. The summed E-state index contributed by atoms with van der Waals surface area (Å²) in [5, 5.41) is 0.651. The van der Waals surface area contributed by atoms with Crippen LogP contribution >= 0.6 is 11.6 Å². The molecule has 0 saturated carbocycles. The zero-order valence-corrected chi connectivity index (χ0v) is 12.3. The van der Waals surface area contributed by atoms with Crippen molar-refractivity contribution < 1.29 is 4.79 Å². The van der Waals surface area contributed by atoms with Gasteiger partial charge in [-0.3, -0.25) is 9.69 Å². The molecule has 104 valence electrons. The molecule has 3 heteroatoms. The third-order valence-electron chi connectivity index (χ3n) is 3.23. The Bertz CT molecular complexity index is 551. The Labute approximate surface area is 125 Å². The molecule has 20 heavy (non-hydrogen) atoms. The minimum absolute atomic E-state index is 0.124. The molecule has 0 heterocycles. The quantitative estimate of drug-likeness (QED) is 0.747. The van der Waals surface area contributed by atoms with E-state index in [1.807, 2.05) is 18.2 Å². The number of nitrogens with zero attached hydrogens (tertiary/aromatic N) is 1. The second-order valence-corrected chi connectivity index (χ2v) is 5.16. The summed E-state index contributed by atoms with van der Waals surface area (Å²) in [4.78, 5) is 14.4. The Morgan fingerprint density at radius 1 is 1.05 bits per heavy atom. The van der Waals surface area contributed by atoms with E-state index in [-0.39, 0.29) is 5.78 Å². The fourth-order valence-corrected chi connectivity index (χ4v) is 2.18. The molecule has 2 rings (SSSR count). The first-order valence-electron chi connectivity index (χ1n) is 6.74. The fraction of sp³-hybridized carbons (Fsp3) is 0.235. The lowest BCUT2D eigenvalue weighted by molar-refractivity contribution is 0.0929. The molecule has 2 aromatic rings. The van der Waals surface area contributed by atoms with Gasteiger partial charge in [0, 0.05) is 17.1 Å². The Morgan fingerprint density at radius 2 is 1.70 bits per heavy atom. The van der Waals surface area contributed by atoms with Gasteiger partial charge >= 0.3 is 0 Å². The number of carbonyl (C=O) groups excluding carboxylic acids is 1. The van der Waals surface area contributed by atoms with Crippen molar-refractivity contribution in [1.29, 1.82) is 0 Å². The van der Waals surface area contributed by atoms with Crippen LogP contribution < -0.4 is 0 Å². The predicted octanol–water partition coefficient (Wildman–Crippen LogP) is 4.04. The van der Waals surface area contributed by atoms with Crippen molar-refractivity contribution in [2.75, 3.05) is 13.1 Å². The van der Waals surface area contributed by atoms with Crippen molar-refractivity contribution >= 4 is 17.4 Å². The topological polar surface area (TPSA) is 20.3 Å². The van der Waals surface area contributed by atoms with Crippen LogP contribution in [0.3, 0.4) is 0 Å². The van der Waals surface area contributed by atoms with Crippen molar-refractivity contribution in [2.24, 2.45) is 0 Å². The Balaban J connectivity index is 1.99. The van der Waals surface area contributed by atoms with E-state index in [1.165, 1.54) is 5.56 Å². The SMILES string of the molecule is CCN(CC(=O)c1ccc(Cl)cc1)Cc1ccccc1. The number of benzene rings is 2. The Morgan fingerprint density at radius 3 is 2.30 bits per heavy atom. The summed E-state index contributed by atoms with van der Waals surface area (Å²) in [6, 6.07) is 17.3. The number of Topliss-reactive ketones (excluding diaryl/α,β-unsaturated/α-hetero) is 1. The van der Waals surface area contributed by atoms with Crippen LogP contribution in [0.5, 0.6) is 0 Å². The molecule has 0 bridgehead atoms. The predicted molar refractivity (Wildman–Crippen MR) is 83.2 cm³/mol. The van der Waals surface area contributed by atoms with Crippen LogP contribution in [-0.4, -0.2) is 23.8 Å². The summed E-state index contributed by atoms with van der Waals surface area (Å²) in [5.74, 6) is 0.124. The molecule has 0 spiro atoms. The highest BCUT2D eigenvalue weighted by atomic mass is 35.5. The number of rotatable bonds is 6. The standard InChI is InChI=1S/C17H18ClNO/c1-2-19(12-14-6-4-3-5-7-14)13-17(20)15-8-10-16(18)11-9-15/h3-11H,2,12-13H2,1H3. The highest BCUT2D eigenvalue weighted by Crippen LogP contribution is 2.11. The normalized spacial score (nSPS) is 10.8. The zero-order chi connectivity index (χ0) is 14.4. The summed E-state index contributed by atoms with van der Waals surface area (Å²) >= 11 is 5.83. The Kier molecular flexibility index (Phi) is 5.33. The van der Waals surface area contributed by atoms with Crippen molar-refractivity contribution in [1.82, 2.24) is 4.90 Å². The van der Waals surface area contributed by atoms with Crippen LogP contribution in [0, 0.1) is 0 Å². The van der Waals surface area contributed by atoms with Gasteiger partial charge < -0.3 is 0 Å². The number of hydrogen-bond donors (Lipinski definition) is 0. The van der Waals surface area contributed by atoms with Crippen molar-refractivity contribution in [2.45, 2.75) is 13.5 Å². The molecule has 0 fully saturated rings. The minimum Gasteiger partial charge on any atom is -0.293 e. The van der Waals surface area contributed by atoms with Gasteiger partial charge in [0.05, 0.1) is 6.54 Å². The van der Waals surface area contributed by atoms with E-state index in [2.05, 4.69) is 24.0 Å². The molecule has 0 N–H and O–H groups in total. The van der Waals surface area contributed by atoms with E-state index < -0.39 is 0 Å². The van der Waals surface area contributed by atoms with Crippen molar-refractivity contribution in [3.05, 3.63) is 70.7 Å². The second kappa shape index (κ2) is 7.22. The van der Waals surface area contributed by atoms with E-state index in [0.29, 0.717) is 17.1 Å². The first-order chi connectivity index (χ1) is 9.69. The maximum atomic E-state index is 12.2. The lowest BCUT2D eigenvalue weighted by Crippen LogP contribution is -2.29. The number of likely N-dealkylation sites (N-methyl/N-ethyl adjacent to an activating group) is 1. The molecule has 0 atom stereocenters. The van der Waals surface area contributed by atoms with Gasteiger partial charge in [-0.1, -0.05) is 48.9 Å². The number of hydrogen-bond acceptors (Lipinski definition) is 2. The van der Waals surface area contributed by atoms with Gasteiger partial charge in [0.1, 0.15) is 0 Å². The van der Waals surface area contributed by atoms with Gasteiger partial charge in [-0.05, 0) is 36.4 Å². The van der Waals surface area contributed by atoms with Crippen LogP contribution in [0.1, 0.15) is 22.8 Å². The van der Waals surface area contributed by atoms with E-state index >= 15 is 0 Å². The highest BCUT2D eigenvalue weighted by Gasteiger charge is 2.11. The van der Waals surface area contributed by atoms with Crippen molar-refractivity contribution in [3.8, 4) is 0 Å². The Hall–Kier alpha value is -1.64. The fourth-order valence-electron chi connectivity index (χ4n) is 2.05. The van der Waals surface area contributed by atoms with Crippen LogP contribution in [0.15, 0.2) is 54.6 Å². The van der Waals surface area contributed by atoms with E-state index in [1.54, 1.807) is 24.3 Å². The molecule has 0 aliphatic carbocycles. The van der Waals surface area contributed by atoms with Crippen LogP contribution in [0.4, 0.5) is 0 Å². The maximum Gasteiger partial charge on any atom is 0.176 e. The first kappa shape index (κ1) is 14.8. The third kappa shape index (κ3) is 4.19. The molecular formula is C17H18ClNO. The third-order valence-corrected chi connectivity index (χ3v) is 3.48. The lowest BCUT2D eigenvalue weighted by atomic mass is 10.1. The van der Waals surface area contributed by atoms with Gasteiger partial charge in [0.15, 0.2) is 5.78 Å². The van der Waals surface area contributed by atoms with Gasteiger partial charge in [0.25, 0.3) is 0 Å². The van der Waals surface area contributed by atoms with Gasteiger partial charge in [-0.15, -0.1) is 0 Å². The highest BCUT2D eigenvalue weighted by molar-refractivity contribution is 6.30.